The van der Waals surface area contributed by atoms with E-state index in [1.165, 1.54) is 61.0 Å². The molecule has 0 nitrogen and oxygen atoms in total. The molecule has 0 aromatic heterocycles. The minimum atomic E-state index is -0.639. The Morgan fingerprint density at radius 3 is 1.30 bits per heavy atom. The van der Waals surface area contributed by atoms with Crippen LogP contribution >= 0.6 is 15.8 Å². The standard InChI is InChI=1S/C35H35P2.C6H7.Fe/c1-25-19-26(2)22-32(21-25)36(33-23-27(3)20-28(4)24-33)29(5)34-17-12-18-35(34)37(30-13-8-6-9-14-30)31-15-10-7-11-16-31;1-6-4-2-3-5-6;/h6-24,29H,1-5H3;2-5H,1H3;/t29-;;/m1../s1. The molecule has 224 valence electrons. The van der Waals surface area contributed by atoms with Crippen molar-refractivity contribution >= 4 is 37.1 Å². The fraction of sp³-hybridized carbons (Fsp3) is 0.171. The van der Waals surface area contributed by atoms with Gasteiger partial charge in [-0.25, -0.2) is 0 Å². The molecule has 1 atom stereocenters. The molecule has 2 aliphatic rings. The molecule has 0 amide bonds. The number of aryl methyl sites for hydroxylation is 4. The normalized spacial score (nSPS) is 16.5. The van der Waals surface area contributed by atoms with Crippen LogP contribution in [0.4, 0.5) is 0 Å². The molecule has 2 aliphatic carbocycles. The van der Waals surface area contributed by atoms with E-state index in [9.17, 15) is 0 Å². The maximum atomic E-state index is 2.46. The summed E-state index contributed by atoms with van der Waals surface area (Å²) < 4.78 is 0. The van der Waals surface area contributed by atoms with E-state index in [0.717, 1.165) is 0 Å². The summed E-state index contributed by atoms with van der Waals surface area (Å²) in [6.45, 7) is 13.5. The molecular formula is C41H42FeP2. The average molecular weight is 653 g/mol. The van der Waals surface area contributed by atoms with Crippen molar-refractivity contribution in [3.8, 4) is 0 Å². The molecule has 0 bridgehead atoms. The number of hydrogen-bond donors (Lipinski definition) is 0. The van der Waals surface area contributed by atoms with Gasteiger partial charge in [0.1, 0.15) is 0 Å². The first kappa shape index (κ1) is 35.1. The molecule has 0 heterocycles. The summed E-state index contributed by atoms with van der Waals surface area (Å²) in [4.78, 5) is 0. The molecule has 0 aliphatic heterocycles. The maximum Gasteiger partial charge on any atom is 0.0201 e. The molecule has 0 N–H and O–H groups in total. The van der Waals surface area contributed by atoms with Gasteiger partial charge in [0.2, 0.25) is 0 Å². The number of benzene rings is 4. The zero-order valence-electron chi connectivity index (χ0n) is 26.6. The van der Waals surface area contributed by atoms with Gasteiger partial charge in [-0.1, -0.05) is 133 Å². The molecule has 4 aromatic rings. The Balaban J connectivity index is 0.000000565. The predicted molar refractivity (Wildman–Crippen MR) is 192 cm³/mol. The SMILES string of the molecule is C[C]1[CH][CH][CH][CH]1.Cc1cc(C)cc(P(c2cc(C)cc(C)c2)[C@H](C)[C]2[CH][CH][CH][C]2P(c2ccccc2)c2ccccc2)c1.[Fe]. The summed E-state index contributed by atoms with van der Waals surface area (Å²) in [6.07, 6.45) is 15.3. The first-order chi connectivity index (χ1) is 20.8. The van der Waals surface area contributed by atoms with E-state index in [-0.39, 0.29) is 17.1 Å². The van der Waals surface area contributed by atoms with Gasteiger partial charge in [0, 0.05) is 22.7 Å². The summed E-state index contributed by atoms with van der Waals surface area (Å²) >= 11 is 0. The van der Waals surface area contributed by atoms with Gasteiger partial charge < -0.3 is 0 Å². The average Bonchev–Trinajstić information content (AvgIpc) is 3.66. The topological polar surface area (TPSA) is 0 Å². The third-order valence-electron chi connectivity index (χ3n) is 7.73. The van der Waals surface area contributed by atoms with Crippen LogP contribution in [0.25, 0.3) is 0 Å². The first-order valence-electron chi connectivity index (χ1n) is 15.1. The second-order valence-electron chi connectivity index (χ2n) is 11.6. The Hall–Kier alpha value is -1.74. The summed E-state index contributed by atoms with van der Waals surface area (Å²) in [5.74, 6) is 2.83. The van der Waals surface area contributed by atoms with Gasteiger partial charge in [-0.15, -0.1) is 0 Å². The van der Waals surface area contributed by atoms with Crippen LogP contribution in [0.15, 0.2) is 97.1 Å². The monoisotopic (exact) mass is 652 g/mol. The van der Waals surface area contributed by atoms with Crippen LogP contribution < -0.4 is 21.2 Å². The van der Waals surface area contributed by atoms with Gasteiger partial charge in [-0.3, -0.25) is 0 Å². The van der Waals surface area contributed by atoms with Crippen molar-refractivity contribution in [2.45, 2.75) is 47.2 Å². The third-order valence-corrected chi connectivity index (χ3v) is 12.9. The van der Waals surface area contributed by atoms with Crippen molar-refractivity contribution in [1.29, 1.82) is 0 Å². The van der Waals surface area contributed by atoms with Gasteiger partial charge >= 0.3 is 0 Å². The van der Waals surface area contributed by atoms with E-state index in [1.807, 2.05) is 12.8 Å². The zero-order chi connectivity index (χ0) is 30.3. The van der Waals surface area contributed by atoms with E-state index < -0.39 is 15.8 Å². The molecule has 0 saturated heterocycles. The molecule has 10 radical (unpaired) electrons. The Morgan fingerprint density at radius 2 is 0.909 bits per heavy atom. The molecule has 4 aromatic carbocycles. The van der Waals surface area contributed by atoms with E-state index >= 15 is 0 Å². The quantitative estimate of drug-likeness (QED) is 0.138. The Labute approximate surface area is 281 Å². The minimum absolute atomic E-state index is 0. The summed E-state index contributed by atoms with van der Waals surface area (Å²) in [5, 5.41) is 5.76. The first-order valence-corrected chi connectivity index (χ1v) is 17.9. The molecule has 0 spiro atoms. The summed E-state index contributed by atoms with van der Waals surface area (Å²) in [5.41, 5.74) is 7.26. The van der Waals surface area contributed by atoms with Gasteiger partial charge in [0.25, 0.3) is 0 Å². The van der Waals surface area contributed by atoms with E-state index in [0.29, 0.717) is 5.66 Å². The van der Waals surface area contributed by atoms with E-state index in [4.69, 9.17) is 0 Å². The smallest absolute Gasteiger partial charge is 0.0201 e. The predicted octanol–water partition coefficient (Wildman–Crippen LogP) is 9.02. The molecule has 6 rings (SSSR count). The number of rotatable bonds is 7. The molecule has 2 fully saturated rings. The molecule has 2 saturated carbocycles. The maximum absolute atomic E-state index is 2.46. The van der Waals surface area contributed by atoms with Crippen molar-refractivity contribution in [2.24, 2.45) is 0 Å². The van der Waals surface area contributed by atoms with E-state index in [2.05, 4.69) is 171 Å². The molecule has 44 heavy (non-hydrogen) atoms. The van der Waals surface area contributed by atoms with Crippen LogP contribution in [0.3, 0.4) is 0 Å². The van der Waals surface area contributed by atoms with Crippen molar-refractivity contribution in [2.75, 3.05) is 0 Å². The van der Waals surface area contributed by atoms with Crippen molar-refractivity contribution in [3.05, 3.63) is 182 Å². The second-order valence-corrected chi connectivity index (χ2v) is 16.3. The fourth-order valence-corrected chi connectivity index (χ4v) is 11.7. The third kappa shape index (κ3) is 8.95. The van der Waals surface area contributed by atoms with Crippen LogP contribution in [0.1, 0.15) is 36.1 Å². The fourth-order valence-electron chi connectivity index (χ4n) is 5.95. The van der Waals surface area contributed by atoms with Gasteiger partial charge in [0.15, 0.2) is 0 Å². The summed E-state index contributed by atoms with van der Waals surface area (Å²) in [7, 11) is -1.24. The van der Waals surface area contributed by atoms with Crippen molar-refractivity contribution in [3.63, 3.8) is 0 Å². The van der Waals surface area contributed by atoms with Gasteiger partial charge in [-0.2, -0.15) is 0 Å². The Morgan fingerprint density at radius 1 is 0.477 bits per heavy atom. The van der Waals surface area contributed by atoms with Crippen LogP contribution in [0, 0.1) is 90.1 Å². The number of hydrogen-bond acceptors (Lipinski definition) is 0. The Bertz CT molecular complexity index is 1310. The molecular weight excluding hydrogens is 610 g/mol. The van der Waals surface area contributed by atoms with Gasteiger partial charge in [-0.05, 0) is 127 Å². The van der Waals surface area contributed by atoms with Crippen LogP contribution in [0.5, 0.6) is 0 Å². The Kier molecular flexibility index (Phi) is 13.3. The van der Waals surface area contributed by atoms with Crippen molar-refractivity contribution in [1.82, 2.24) is 0 Å². The minimum Gasteiger partial charge on any atom is -0.0622 e. The van der Waals surface area contributed by atoms with Crippen LogP contribution in [0.2, 0.25) is 0 Å². The van der Waals surface area contributed by atoms with E-state index in [1.54, 1.807) is 0 Å². The molecule has 0 unspecified atom stereocenters. The zero-order valence-corrected chi connectivity index (χ0v) is 29.5. The van der Waals surface area contributed by atoms with Crippen molar-refractivity contribution < 1.29 is 17.1 Å². The summed E-state index contributed by atoms with van der Waals surface area (Å²) in [6, 6.07) is 36.4. The second kappa shape index (κ2) is 16.7. The largest absolute Gasteiger partial charge is 0.0622 e. The van der Waals surface area contributed by atoms with Crippen LogP contribution in [-0.2, 0) is 17.1 Å². The van der Waals surface area contributed by atoms with Gasteiger partial charge in [0.05, 0.1) is 0 Å². The molecule has 3 heteroatoms. The van der Waals surface area contributed by atoms with Crippen LogP contribution in [-0.4, -0.2) is 5.66 Å².